The van der Waals surface area contributed by atoms with Crippen LogP contribution >= 0.6 is 0 Å². The Kier molecular flexibility index (Phi) is 6.39. The van der Waals surface area contributed by atoms with Gasteiger partial charge in [0.25, 0.3) is 5.91 Å². The largest absolute Gasteiger partial charge is 0.480 e. The molecule has 32 heavy (non-hydrogen) atoms. The number of aromatic nitrogens is 1. The molecule has 2 heterocycles. The van der Waals surface area contributed by atoms with Gasteiger partial charge in [0, 0.05) is 66.6 Å². The minimum atomic E-state index is -0.877. The number of nitrogens with one attached hydrogen (secondary N) is 2. The summed E-state index contributed by atoms with van der Waals surface area (Å²) in [7, 11) is 0. The molecule has 3 aromatic rings. The molecule has 1 atom stereocenters. The topological polar surface area (TPSA) is 88.7 Å². The molecule has 1 fully saturated rings. The Morgan fingerprint density at radius 1 is 1.12 bits per heavy atom. The van der Waals surface area contributed by atoms with Crippen molar-refractivity contribution in [3.63, 3.8) is 0 Å². The Balaban J connectivity index is 1.57. The molecule has 1 aliphatic heterocycles. The van der Waals surface area contributed by atoms with Gasteiger partial charge in [-0.2, -0.15) is 0 Å². The van der Waals surface area contributed by atoms with E-state index in [1.54, 1.807) is 18.3 Å². The normalized spacial score (nSPS) is 16.0. The number of carboxylic acid groups (broad SMARTS) is 1. The molecular formula is C25H28N4O3. The number of nitrogens with zero attached hydrogens (tertiary/aromatic N) is 2. The Labute approximate surface area is 187 Å². The van der Waals surface area contributed by atoms with Crippen LogP contribution in [0.3, 0.4) is 0 Å². The lowest BCUT2D eigenvalue weighted by atomic mass is 10.0. The van der Waals surface area contributed by atoms with Gasteiger partial charge in [-0.25, -0.2) is 0 Å². The van der Waals surface area contributed by atoms with E-state index in [1.165, 1.54) is 0 Å². The van der Waals surface area contributed by atoms with Crippen molar-refractivity contribution in [2.45, 2.75) is 13.0 Å². The number of rotatable bonds is 7. The number of carbonyl (C=O) groups is 2. The van der Waals surface area contributed by atoms with Crippen LogP contribution in [0.1, 0.15) is 28.9 Å². The van der Waals surface area contributed by atoms with Crippen LogP contribution in [0.15, 0.2) is 66.9 Å². The molecule has 2 aromatic carbocycles. The number of carboxylic acids is 1. The molecule has 1 amide bonds. The number of hydrogen-bond donors (Lipinski definition) is 3. The Morgan fingerprint density at radius 3 is 2.50 bits per heavy atom. The fourth-order valence-electron chi connectivity index (χ4n) is 4.29. The fraction of sp³-hybridized carbons (Fsp3) is 0.280. The van der Waals surface area contributed by atoms with E-state index in [4.69, 9.17) is 0 Å². The zero-order valence-electron chi connectivity index (χ0n) is 18.2. The lowest BCUT2D eigenvalue weighted by Gasteiger charge is -2.37. The van der Waals surface area contributed by atoms with Crippen molar-refractivity contribution in [2.75, 3.05) is 38.0 Å². The molecule has 0 bridgehead atoms. The lowest BCUT2D eigenvalue weighted by molar-refractivity contribution is -0.144. The average molecular weight is 433 g/mol. The van der Waals surface area contributed by atoms with Gasteiger partial charge in [0.2, 0.25) is 0 Å². The van der Waals surface area contributed by atoms with E-state index in [1.807, 2.05) is 48.2 Å². The van der Waals surface area contributed by atoms with Crippen molar-refractivity contribution >= 4 is 28.5 Å². The molecule has 1 aliphatic rings. The third kappa shape index (κ3) is 4.74. The van der Waals surface area contributed by atoms with E-state index in [0.717, 1.165) is 36.1 Å². The number of hydrogen-bond acceptors (Lipinski definition) is 4. The maximum atomic E-state index is 12.5. The summed E-state index contributed by atoms with van der Waals surface area (Å²) >= 11 is 0. The second-order valence-corrected chi connectivity index (χ2v) is 8.33. The molecule has 0 spiro atoms. The molecule has 0 unspecified atom stereocenters. The van der Waals surface area contributed by atoms with Crippen LogP contribution < -0.4 is 5.32 Å². The zero-order chi connectivity index (χ0) is 22.7. The van der Waals surface area contributed by atoms with Crippen molar-refractivity contribution in [1.82, 2.24) is 14.8 Å². The summed E-state index contributed by atoms with van der Waals surface area (Å²) < 4.78 is 0. The van der Waals surface area contributed by atoms with Crippen LogP contribution in [0, 0.1) is 0 Å². The van der Waals surface area contributed by atoms with Crippen LogP contribution in [0.2, 0.25) is 0 Å². The summed E-state index contributed by atoms with van der Waals surface area (Å²) in [6.07, 6.45) is 1.77. The molecule has 7 heteroatoms. The highest BCUT2D eigenvalue weighted by atomic mass is 16.4. The number of piperazine rings is 1. The van der Waals surface area contributed by atoms with Gasteiger partial charge in [-0.05, 0) is 37.3 Å². The van der Waals surface area contributed by atoms with Gasteiger partial charge in [-0.1, -0.05) is 30.4 Å². The highest BCUT2D eigenvalue weighted by Crippen LogP contribution is 2.31. The van der Waals surface area contributed by atoms with E-state index < -0.39 is 12.0 Å². The summed E-state index contributed by atoms with van der Waals surface area (Å²) in [5, 5.41) is 13.8. The molecule has 166 valence electrons. The van der Waals surface area contributed by atoms with E-state index in [2.05, 4.69) is 21.8 Å². The van der Waals surface area contributed by atoms with E-state index in [9.17, 15) is 14.7 Å². The standard InChI is InChI=1S/C25H28N4O3/c1-17(2)16-28-10-12-29(13-11-28)23(25(31)32)21-15-26-22-9-8-19(14-20(21)22)27-24(30)18-6-4-3-5-7-18/h3-9,14-15,23,26H,1,10-13,16H2,2H3,(H,27,30)(H,31,32)/t23-/m0/s1. The van der Waals surface area contributed by atoms with Gasteiger partial charge in [0.1, 0.15) is 6.04 Å². The van der Waals surface area contributed by atoms with Gasteiger partial charge in [0.15, 0.2) is 0 Å². The van der Waals surface area contributed by atoms with Gasteiger partial charge < -0.3 is 15.4 Å². The summed E-state index contributed by atoms with van der Waals surface area (Å²) in [6, 6.07) is 13.8. The molecule has 3 N–H and O–H groups in total. The quantitative estimate of drug-likeness (QED) is 0.495. The first-order valence-corrected chi connectivity index (χ1v) is 10.7. The van der Waals surface area contributed by atoms with Crippen LogP contribution in [-0.2, 0) is 4.79 Å². The Hall–Kier alpha value is -3.42. The molecule has 4 rings (SSSR count). The number of H-pyrrole nitrogens is 1. The maximum Gasteiger partial charge on any atom is 0.325 e. The molecule has 1 saturated heterocycles. The van der Waals surface area contributed by atoms with Crippen LogP contribution in [0.25, 0.3) is 10.9 Å². The van der Waals surface area contributed by atoms with Gasteiger partial charge in [-0.3, -0.25) is 19.4 Å². The number of aromatic amines is 1. The smallest absolute Gasteiger partial charge is 0.325 e. The van der Waals surface area contributed by atoms with Gasteiger partial charge in [-0.15, -0.1) is 0 Å². The van der Waals surface area contributed by atoms with E-state index in [0.29, 0.717) is 29.9 Å². The number of amides is 1. The number of aliphatic carboxylic acids is 1. The first-order chi connectivity index (χ1) is 15.4. The SMILES string of the molecule is C=C(C)CN1CCN([C@H](C(=O)O)c2c[nH]c3ccc(NC(=O)c4ccccc4)cc23)CC1. The maximum absolute atomic E-state index is 12.5. The van der Waals surface area contributed by atoms with E-state index in [-0.39, 0.29) is 5.91 Å². The first-order valence-electron chi connectivity index (χ1n) is 10.7. The second-order valence-electron chi connectivity index (χ2n) is 8.33. The second kappa shape index (κ2) is 9.38. The zero-order valence-corrected chi connectivity index (χ0v) is 18.2. The minimum absolute atomic E-state index is 0.203. The average Bonchev–Trinajstić information content (AvgIpc) is 3.18. The number of benzene rings is 2. The third-order valence-corrected chi connectivity index (χ3v) is 5.80. The van der Waals surface area contributed by atoms with Gasteiger partial charge in [0.05, 0.1) is 0 Å². The van der Waals surface area contributed by atoms with Crippen molar-refractivity contribution < 1.29 is 14.7 Å². The first kappa shape index (κ1) is 21.8. The number of anilines is 1. The summed E-state index contributed by atoms with van der Waals surface area (Å²) in [6.45, 7) is 9.76. The highest BCUT2D eigenvalue weighted by molar-refractivity contribution is 6.05. The van der Waals surface area contributed by atoms with E-state index >= 15 is 0 Å². The summed E-state index contributed by atoms with van der Waals surface area (Å²) in [5.74, 6) is -1.08. The van der Waals surface area contributed by atoms with Crippen molar-refractivity contribution in [1.29, 1.82) is 0 Å². The highest BCUT2D eigenvalue weighted by Gasteiger charge is 2.32. The van der Waals surface area contributed by atoms with Crippen LogP contribution in [0.5, 0.6) is 0 Å². The van der Waals surface area contributed by atoms with Crippen molar-refractivity contribution in [3.8, 4) is 0 Å². The Bertz CT molecular complexity index is 1130. The Morgan fingerprint density at radius 2 is 1.84 bits per heavy atom. The fourth-order valence-corrected chi connectivity index (χ4v) is 4.29. The summed E-state index contributed by atoms with van der Waals surface area (Å²) in [5.41, 5.74) is 3.84. The molecular weight excluding hydrogens is 404 g/mol. The van der Waals surface area contributed by atoms with Gasteiger partial charge >= 0.3 is 5.97 Å². The van der Waals surface area contributed by atoms with Crippen LogP contribution in [0.4, 0.5) is 5.69 Å². The molecule has 1 aromatic heterocycles. The molecule has 7 nitrogen and oxygen atoms in total. The van der Waals surface area contributed by atoms with Crippen LogP contribution in [-0.4, -0.2) is 64.5 Å². The molecule has 0 radical (unpaired) electrons. The molecule has 0 aliphatic carbocycles. The lowest BCUT2D eigenvalue weighted by Crippen LogP contribution is -2.49. The predicted molar refractivity (Wildman–Crippen MR) is 126 cm³/mol. The van der Waals surface area contributed by atoms with Crippen molar-refractivity contribution in [3.05, 3.63) is 78.0 Å². The molecule has 0 saturated carbocycles. The minimum Gasteiger partial charge on any atom is -0.480 e. The number of carbonyl (C=O) groups excluding carboxylic acids is 1. The third-order valence-electron chi connectivity index (χ3n) is 5.80. The predicted octanol–water partition coefficient (Wildman–Crippen LogP) is 3.74. The number of fused-ring (bicyclic) bond motifs is 1. The summed E-state index contributed by atoms with van der Waals surface area (Å²) in [4.78, 5) is 32.3. The van der Waals surface area contributed by atoms with Crippen molar-refractivity contribution in [2.24, 2.45) is 0 Å². The monoisotopic (exact) mass is 432 g/mol.